The van der Waals surface area contributed by atoms with Crippen LogP contribution in [0.15, 0.2) is 24.3 Å². The molecule has 0 fully saturated rings. The predicted octanol–water partition coefficient (Wildman–Crippen LogP) is 1.85. The molecule has 0 aromatic heterocycles. The molecule has 1 heterocycles. The number of hydrogen-bond donors (Lipinski definition) is 2. The molecular weight excluding hydrogens is 268 g/mol. The van der Waals surface area contributed by atoms with E-state index in [1.54, 1.807) is 0 Å². The molecule has 21 heavy (non-hydrogen) atoms. The maximum atomic E-state index is 11.2. The summed E-state index contributed by atoms with van der Waals surface area (Å²) in [5.74, 6) is 0.0433. The minimum absolute atomic E-state index is 0.453. The third-order valence-corrected chi connectivity index (χ3v) is 4.19. The van der Waals surface area contributed by atoms with Gasteiger partial charge in [0.15, 0.2) is 0 Å². The number of nitrogens with two attached hydrogens (primary N) is 1. The standard InChI is InChI=1S/C16H24N2O3/c1-2-16(17,15(19)20)8-5-9-18-10-11-21-14-7-4-3-6-13(14)12-18/h3-4,6-7H,2,5,8-12,17H2,1H3,(H,19,20). The maximum Gasteiger partial charge on any atom is 0.323 e. The van der Waals surface area contributed by atoms with E-state index in [1.807, 2.05) is 25.1 Å². The monoisotopic (exact) mass is 292 g/mol. The fraction of sp³-hybridized carbons (Fsp3) is 0.562. The molecule has 1 unspecified atom stereocenters. The van der Waals surface area contributed by atoms with Gasteiger partial charge in [-0.25, -0.2) is 0 Å². The van der Waals surface area contributed by atoms with Crippen LogP contribution in [0.25, 0.3) is 0 Å². The molecule has 0 radical (unpaired) electrons. The van der Waals surface area contributed by atoms with E-state index in [2.05, 4.69) is 11.0 Å². The number of para-hydroxylation sites is 1. The summed E-state index contributed by atoms with van der Waals surface area (Å²) in [5, 5.41) is 9.19. The average molecular weight is 292 g/mol. The Morgan fingerprint density at radius 3 is 2.95 bits per heavy atom. The highest BCUT2D eigenvalue weighted by Crippen LogP contribution is 2.23. The van der Waals surface area contributed by atoms with Crippen LogP contribution in [0.5, 0.6) is 5.75 Å². The van der Waals surface area contributed by atoms with Crippen LogP contribution in [0.4, 0.5) is 0 Å². The van der Waals surface area contributed by atoms with Crippen LogP contribution < -0.4 is 10.5 Å². The molecule has 1 aromatic rings. The number of carboxylic acids is 1. The van der Waals surface area contributed by atoms with E-state index in [4.69, 9.17) is 10.5 Å². The molecule has 5 heteroatoms. The molecule has 1 aromatic carbocycles. The molecule has 1 aliphatic heterocycles. The van der Waals surface area contributed by atoms with Crippen molar-refractivity contribution in [3.63, 3.8) is 0 Å². The van der Waals surface area contributed by atoms with Gasteiger partial charge >= 0.3 is 5.97 Å². The normalized spacial score (nSPS) is 18.2. The van der Waals surface area contributed by atoms with Crippen molar-refractivity contribution in [3.05, 3.63) is 29.8 Å². The zero-order valence-electron chi connectivity index (χ0n) is 12.5. The molecule has 2 rings (SSSR count). The van der Waals surface area contributed by atoms with Gasteiger partial charge in [0.1, 0.15) is 17.9 Å². The first-order chi connectivity index (χ1) is 10.0. The lowest BCUT2D eigenvalue weighted by molar-refractivity contribution is -0.143. The quantitative estimate of drug-likeness (QED) is 0.837. The zero-order chi connectivity index (χ0) is 15.3. The van der Waals surface area contributed by atoms with Crippen molar-refractivity contribution < 1.29 is 14.6 Å². The minimum atomic E-state index is -1.10. The zero-order valence-corrected chi connectivity index (χ0v) is 12.5. The molecule has 0 bridgehead atoms. The molecule has 0 aliphatic carbocycles. The summed E-state index contributed by atoms with van der Waals surface area (Å²) in [6.07, 6.45) is 1.73. The predicted molar refractivity (Wildman–Crippen MR) is 81.3 cm³/mol. The molecule has 0 amide bonds. The molecule has 116 valence electrons. The second-order valence-corrected chi connectivity index (χ2v) is 5.65. The Labute approximate surface area is 125 Å². The number of fused-ring (bicyclic) bond motifs is 1. The minimum Gasteiger partial charge on any atom is -0.492 e. The fourth-order valence-corrected chi connectivity index (χ4v) is 2.62. The fourth-order valence-electron chi connectivity index (χ4n) is 2.62. The molecule has 3 N–H and O–H groups in total. The number of carboxylic acid groups (broad SMARTS) is 1. The first-order valence-electron chi connectivity index (χ1n) is 7.50. The van der Waals surface area contributed by atoms with E-state index in [-0.39, 0.29) is 0 Å². The highest BCUT2D eigenvalue weighted by molar-refractivity contribution is 5.78. The van der Waals surface area contributed by atoms with Gasteiger partial charge in [-0.05, 0) is 31.9 Å². The Kier molecular flexibility index (Phi) is 5.20. The average Bonchev–Trinajstić information content (AvgIpc) is 2.68. The third-order valence-electron chi connectivity index (χ3n) is 4.19. The number of carbonyl (C=O) groups is 1. The van der Waals surface area contributed by atoms with Crippen molar-refractivity contribution in [2.24, 2.45) is 5.73 Å². The van der Waals surface area contributed by atoms with Gasteiger partial charge in [-0.1, -0.05) is 25.1 Å². The summed E-state index contributed by atoms with van der Waals surface area (Å²) >= 11 is 0. The van der Waals surface area contributed by atoms with Crippen LogP contribution in [0.3, 0.4) is 0 Å². The van der Waals surface area contributed by atoms with Crippen LogP contribution in [0.1, 0.15) is 31.7 Å². The second-order valence-electron chi connectivity index (χ2n) is 5.65. The van der Waals surface area contributed by atoms with Gasteiger partial charge in [0.25, 0.3) is 0 Å². The Morgan fingerprint density at radius 1 is 1.48 bits per heavy atom. The molecule has 0 saturated heterocycles. The van der Waals surface area contributed by atoms with Crippen LogP contribution in [0.2, 0.25) is 0 Å². The Bertz CT molecular complexity index is 492. The van der Waals surface area contributed by atoms with Gasteiger partial charge in [-0.2, -0.15) is 0 Å². The largest absolute Gasteiger partial charge is 0.492 e. The van der Waals surface area contributed by atoms with Crippen molar-refractivity contribution in [3.8, 4) is 5.75 Å². The lowest BCUT2D eigenvalue weighted by Gasteiger charge is -2.25. The maximum absolute atomic E-state index is 11.2. The van der Waals surface area contributed by atoms with Crippen LogP contribution >= 0.6 is 0 Å². The number of nitrogens with zero attached hydrogens (tertiary/aromatic N) is 1. The van der Waals surface area contributed by atoms with Crippen molar-refractivity contribution >= 4 is 5.97 Å². The number of rotatable bonds is 6. The van der Waals surface area contributed by atoms with E-state index in [0.717, 1.165) is 31.8 Å². The summed E-state index contributed by atoms with van der Waals surface area (Å²) in [6.45, 7) is 5.02. The van der Waals surface area contributed by atoms with Gasteiger partial charge in [0, 0.05) is 18.7 Å². The first kappa shape index (κ1) is 15.8. The molecule has 5 nitrogen and oxygen atoms in total. The Hall–Kier alpha value is -1.59. The number of hydrogen-bond acceptors (Lipinski definition) is 4. The first-order valence-corrected chi connectivity index (χ1v) is 7.50. The number of aliphatic carboxylic acids is 1. The van der Waals surface area contributed by atoms with Crippen molar-refractivity contribution in [1.82, 2.24) is 4.90 Å². The second kappa shape index (κ2) is 6.91. The topological polar surface area (TPSA) is 75.8 Å². The Balaban J connectivity index is 1.88. The van der Waals surface area contributed by atoms with Gasteiger partial charge < -0.3 is 15.6 Å². The number of benzene rings is 1. The number of ether oxygens (including phenoxy) is 1. The van der Waals surface area contributed by atoms with Gasteiger partial charge in [-0.3, -0.25) is 9.69 Å². The highest BCUT2D eigenvalue weighted by Gasteiger charge is 2.31. The van der Waals surface area contributed by atoms with Crippen molar-refractivity contribution in [2.75, 3.05) is 19.7 Å². The van der Waals surface area contributed by atoms with Gasteiger partial charge in [-0.15, -0.1) is 0 Å². The highest BCUT2D eigenvalue weighted by atomic mass is 16.5. The molecule has 0 spiro atoms. The summed E-state index contributed by atoms with van der Waals surface area (Å²) in [6, 6.07) is 8.05. The molecule has 1 atom stereocenters. The lowest BCUT2D eigenvalue weighted by atomic mass is 9.92. The smallest absolute Gasteiger partial charge is 0.323 e. The van der Waals surface area contributed by atoms with E-state index >= 15 is 0 Å². The van der Waals surface area contributed by atoms with Gasteiger partial charge in [0.05, 0.1) is 0 Å². The molecule has 1 aliphatic rings. The molecular formula is C16H24N2O3. The summed E-state index contributed by atoms with van der Waals surface area (Å²) < 4.78 is 5.72. The SMILES string of the molecule is CCC(N)(CCCN1CCOc2ccccc2C1)C(=O)O. The van der Waals surface area contributed by atoms with Crippen molar-refractivity contribution in [1.29, 1.82) is 0 Å². The lowest BCUT2D eigenvalue weighted by Crippen LogP contribution is -2.47. The third kappa shape index (κ3) is 3.95. The van der Waals surface area contributed by atoms with Crippen LogP contribution in [-0.2, 0) is 11.3 Å². The summed E-state index contributed by atoms with van der Waals surface area (Å²) in [7, 11) is 0. The van der Waals surface area contributed by atoms with Gasteiger partial charge in [0.2, 0.25) is 0 Å². The van der Waals surface area contributed by atoms with Crippen LogP contribution in [-0.4, -0.2) is 41.2 Å². The van der Waals surface area contributed by atoms with E-state index in [1.165, 1.54) is 5.56 Å². The van der Waals surface area contributed by atoms with E-state index < -0.39 is 11.5 Å². The summed E-state index contributed by atoms with van der Waals surface area (Å²) in [5.41, 5.74) is 6.01. The van der Waals surface area contributed by atoms with E-state index in [0.29, 0.717) is 19.4 Å². The molecule has 0 saturated carbocycles. The summed E-state index contributed by atoms with van der Waals surface area (Å²) in [4.78, 5) is 13.5. The van der Waals surface area contributed by atoms with Crippen molar-refractivity contribution in [2.45, 2.75) is 38.3 Å². The Morgan fingerprint density at radius 2 is 2.24 bits per heavy atom. The van der Waals surface area contributed by atoms with Crippen LogP contribution in [0, 0.1) is 0 Å². The van der Waals surface area contributed by atoms with E-state index in [9.17, 15) is 9.90 Å².